The molecule has 0 saturated carbocycles. The molecule has 0 aliphatic rings. The third-order valence-corrected chi connectivity index (χ3v) is 2.77. The minimum atomic E-state index is -0.217. The number of benzene rings is 1. The number of nitrogens with one attached hydrogen (secondary N) is 1. The largest absolute Gasteiger partial charge is 0.383 e. The Kier molecular flexibility index (Phi) is 3.97. The number of aromatic nitrogens is 2. The first kappa shape index (κ1) is 12.6. The number of anilines is 1. The molecule has 2 aromatic rings. The molecule has 0 fully saturated rings. The molecular formula is C14H18FN3. The van der Waals surface area contributed by atoms with E-state index in [-0.39, 0.29) is 5.82 Å². The highest BCUT2D eigenvalue weighted by molar-refractivity contribution is 5.42. The summed E-state index contributed by atoms with van der Waals surface area (Å²) in [6, 6.07) is 6.50. The molecular weight excluding hydrogens is 229 g/mol. The van der Waals surface area contributed by atoms with Gasteiger partial charge in [-0.2, -0.15) is 0 Å². The molecule has 0 bridgehead atoms. The summed E-state index contributed by atoms with van der Waals surface area (Å²) in [6.07, 6.45) is 3.79. The molecule has 1 aromatic heterocycles. The van der Waals surface area contributed by atoms with Crippen molar-refractivity contribution in [2.24, 2.45) is 0 Å². The molecule has 2 rings (SSSR count). The molecule has 18 heavy (non-hydrogen) atoms. The molecule has 0 amide bonds. The molecule has 0 aliphatic carbocycles. The normalized spacial score (nSPS) is 10.9. The van der Waals surface area contributed by atoms with E-state index < -0.39 is 0 Å². The van der Waals surface area contributed by atoms with Crippen LogP contribution in [0, 0.1) is 5.82 Å². The van der Waals surface area contributed by atoms with Crippen LogP contribution in [0.3, 0.4) is 0 Å². The summed E-state index contributed by atoms with van der Waals surface area (Å²) in [5, 5.41) is 3.20. The van der Waals surface area contributed by atoms with Gasteiger partial charge in [-0.25, -0.2) is 9.37 Å². The maximum atomic E-state index is 13.0. The fraction of sp³-hybridized carbons (Fsp3) is 0.357. The van der Waals surface area contributed by atoms with Crippen LogP contribution in [-0.2, 0) is 6.54 Å². The molecule has 0 aliphatic heterocycles. The van der Waals surface area contributed by atoms with Crippen molar-refractivity contribution in [3.05, 3.63) is 48.3 Å². The van der Waals surface area contributed by atoms with E-state index in [0.29, 0.717) is 5.92 Å². The highest BCUT2D eigenvalue weighted by atomic mass is 19.1. The van der Waals surface area contributed by atoms with Crippen molar-refractivity contribution >= 4 is 5.69 Å². The zero-order chi connectivity index (χ0) is 13.0. The van der Waals surface area contributed by atoms with Gasteiger partial charge in [0.25, 0.3) is 0 Å². The van der Waals surface area contributed by atoms with Crippen LogP contribution in [0.15, 0.2) is 36.7 Å². The zero-order valence-corrected chi connectivity index (χ0v) is 10.7. The van der Waals surface area contributed by atoms with E-state index >= 15 is 0 Å². The van der Waals surface area contributed by atoms with Crippen LogP contribution in [0.2, 0.25) is 0 Å². The van der Waals surface area contributed by atoms with E-state index in [9.17, 15) is 4.39 Å². The van der Waals surface area contributed by atoms with Crippen LogP contribution in [0.4, 0.5) is 10.1 Å². The van der Waals surface area contributed by atoms with Gasteiger partial charge in [0.1, 0.15) is 11.6 Å². The lowest BCUT2D eigenvalue weighted by molar-refractivity contribution is 0.626. The van der Waals surface area contributed by atoms with Crippen molar-refractivity contribution in [3.63, 3.8) is 0 Å². The molecule has 3 nitrogen and oxygen atoms in total. The molecule has 4 heteroatoms. The van der Waals surface area contributed by atoms with Gasteiger partial charge in [0.2, 0.25) is 0 Å². The van der Waals surface area contributed by atoms with Gasteiger partial charge in [0, 0.05) is 37.1 Å². The van der Waals surface area contributed by atoms with Gasteiger partial charge in [-0.15, -0.1) is 0 Å². The minimum Gasteiger partial charge on any atom is -0.383 e. The minimum absolute atomic E-state index is 0.217. The first-order valence-electron chi connectivity index (χ1n) is 6.17. The van der Waals surface area contributed by atoms with Crippen LogP contribution < -0.4 is 5.32 Å². The van der Waals surface area contributed by atoms with Crippen LogP contribution >= 0.6 is 0 Å². The van der Waals surface area contributed by atoms with Crippen molar-refractivity contribution in [3.8, 4) is 0 Å². The molecule has 1 aromatic carbocycles. The quantitative estimate of drug-likeness (QED) is 0.879. The first-order valence-corrected chi connectivity index (χ1v) is 6.17. The second-order valence-corrected chi connectivity index (χ2v) is 4.57. The highest BCUT2D eigenvalue weighted by Crippen LogP contribution is 2.12. The first-order chi connectivity index (χ1) is 8.66. The van der Waals surface area contributed by atoms with Gasteiger partial charge in [-0.05, 0) is 18.2 Å². The van der Waals surface area contributed by atoms with E-state index in [2.05, 4.69) is 28.7 Å². The maximum Gasteiger partial charge on any atom is 0.125 e. The second-order valence-electron chi connectivity index (χ2n) is 4.57. The zero-order valence-electron chi connectivity index (χ0n) is 10.7. The highest BCUT2D eigenvalue weighted by Gasteiger charge is 2.06. The standard InChI is InChI=1S/C14H18FN3/c1-11(2)14-17-7-9-18(14)8-6-16-13-5-3-4-12(15)10-13/h3-5,7,9-11,16H,6,8H2,1-2H3. The molecule has 0 unspecified atom stereocenters. The third-order valence-electron chi connectivity index (χ3n) is 2.77. The van der Waals surface area contributed by atoms with Crippen molar-refractivity contribution in [1.29, 1.82) is 0 Å². The summed E-state index contributed by atoms with van der Waals surface area (Å²) < 4.78 is 15.1. The lowest BCUT2D eigenvalue weighted by Gasteiger charge is -2.11. The van der Waals surface area contributed by atoms with Gasteiger partial charge in [0.05, 0.1) is 0 Å². The summed E-state index contributed by atoms with van der Waals surface area (Å²) in [7, 11) is 0. The number of rotatable bonds is 5. The fourth-order valence-electron chi connectivity index (χ4n) is 1.93. The molecule has 0 saturated heterocycles. The average Bonchev–Trinajstić information content (AvgIpc) is 2.77. The van der Waals surface area contributed by atoms with E-state index in [1.165, 1.54) is 12.1 Å². The molecule has 0 spiro atoms. The summed E-state index contributed by atoms with van der Waals surface area (Å²) in [5.74, 6) is 1.27. The predicted octanol–water partition coefficient (Wildman–Crippen LogP) is 3.26. The van der Waals surface area contributed by atoms with Gasteiger partial charge in [-0.3, -0.25) is 0 Å². The van der Waals surface area contributed by atoms with Gasteiger partial charge in [0.15, 0.2) is 0 Å². The molecule has 1 heterocycles. The molecule has 1 N–H and O–H groups in total. The van der Waals surface area contributed by atoms with Crippen LogP contribution in [0.5, 0.6) is 0 Å². The summed E-state index contributed by atoms with van der Waals surface area (Å²) >= 11 is 0. The molecule has 0 radical (unpaired) electrons. The average molecular weight is 247 g/mol. The number of hydrogen-bond donors (Lipinski definition) is 1. The SMILES string of the molecule is CC(C)c1nccn1CCNc1cccc(F)c1. The lowest BCUT2D eigenvalue weighted by Crippen LogP contribution is -2.13. The van der Waals surface area contributed by atoms with E-state index in [0.717, 1.165) is 24.6 Å². The maximum absolute atomic E-state index is 13.0. The Labute approximate surface area is 107 Å². The Bertz CT molecular complexity index is 505. The molecule has 96 valence electrons. The van der Waals surface area contributed by atoms with Crippen LogP contribution in [0.25, 0.3) is 0 Å². The molecule has 0 atom stereocenters. The summed E-state index contributed by atoms with van der Waals surface area (Å²) in [6.45, 7) is 5.82. The fourth-order valence-corrected chi connectivity index (χ4v) is 1.93. The Morgan fingerprint density at radius 3 is 2.94 bits per heavy atom. The van der Waals surface area contributed by atoms with Crippen molar-refractivity contribution < 1.29 is 4.39 Å². The van der Waals surface area contributed by atoms with Gasteiger partial charge in [-0.1, -0.05) is 19.9 Å². The summed E-state index contributed by atoms with van der Waals surface area (Å²) in [5.41, 5.74) is 0.807. The Balaban J connectivity index is 1.90. The second kappa shape index (κ2) is 5.67. The monoisotopic (exact) mass is 247 g/mol. The Morgan fingerprint density at radius 2 is 2.22 bits per heavy atom. The number of hydrogen-bond acceptors (Lipinski definition) is 2. The number of imidazole rings is 1. The van der Waals surface area contributed by atoms with E-state index in [1.807, 2.05) is 18.5 Å². The van der Waals surface area contributed by atoms with Crippen LogP contribution in [-0.4, -0.2) is 16.1 Å². The van der Waals surface area contributed by atoms with Crippen molar-refractivity contribution in [2.45, 2.75) is 26.3 Å². The van der Waals surface area contributed by atoms with Gasteiger partial charge >= 0.3 is 0 Å². The van der Waals surface area contributed by atoms with Crippen LogP contribution in [0.1, 0.15) is 25.6 Å². The predicted molar refractivity (Wildman–Crippen MR) is 71.2 cm³/mol. The summed E-state index contributed by atoms with van der Waals surface area (Å²) in [4.78, 5) is 4.33. The van der Waals surface area contributed by atoms with Crippen molar-refractivity contribution in [1.82, 2.24) is 9.55 Å². The number of halogens is 1. The van der Waals surface area contributed by atoms with Gasteiger partial charge < -0.3 is 9.88 Å². The van der Waals surface area contributed by atoms with E-state index in [4.69, 9.17) is 0 Å². The number of nitrogens with zero attached hydrogens (tertiary/aromatic N) is 2. The smallest absolute Gasteiger partial charge is 0.125 e. The van der Waals surface area contributed by atoms with Crippen molar-refractivity contribution in [2.75, 3.05) is 11.9 Å². The topological polar surface area (TPSA) is 29.9 Å². The lowest BCUT2D eigenvalue weighted by atomic mass is 10.2. The third kappa shape index (κ3) is 3.09. The van der Waals surface area contributed by atoms with E-state index in [1.54, 1.807) is 6.07 Å². The Hall–Kier alpha value is -1.84. The Morgan fingerprint density at radius 1 is 1.39 bits per heavy atom.